The topological polar surface area (TPSA) is 75.6 Å². The van der Waals surface area contributed by atoms with E-state index in [9.17, 15) is 9.59 Å². The Morgan fingerprint density at radius 2 is 2.09 bits per heavy atom. The lowest BCUT2D eigenvalue weighted by Crippen LogP contribution is -2.33. The number of aliphatic carboxylic acids is 1. The average Bonchev–Trinajstić information content (AvgIpc) is 2.86. The highest BCUT2D eigenvalue weighted by molar-refractivity contribution is 9.10. The van der Waals surface area contributed by atoms with Gasteiger partial charge in [0.05, 0.1) is 17.6 Å². The number of rotatable bonds is 5. The van der Waals surface area contributed by atoms with Gasteiger partial charge in [-0.25, -0.2) is 0 Å². The Morgan fingerprint density at radius 1 is 1.36 bits per heavy atom. The van der Waals surface area contributed by atoms with Gasteiger partial charge in [-0.2, -0.15) is 0 Å². The lowest BCUT2D eigenvalue weighted by molar-refractivity contribution is -0.141. The van der Waals surface area contributed by atoms with Crippen LogP contribution in [0.3, 0.4) is 0 Å². The second-order valence-electron chi connectivity index (χ2n) is 5.83. The first-order chi connectivity index (χ1) is 10.4. The van der Waals surface area contributed by atoms with Crippen molar-refractivity contribution in [1.29, 1.82) is 0 Å². The molecule has 0 bridgehead atoms. The SMILES string of the molecule is CC(C)Oc1cc(Br)ccc1C(=O)N[C@H]1CC[C@@H](C(=O)O)C1. The normalized spacial score (nSPS) is 20.9. The molecule has 1 saturated carbocycles. The Bertz CT molecular complexity index is 573. The molecule has 0 aromatic heterocycles. The van der Waals surface area contributed by atoms with E-state index in [1.165, 1.54) is 0 Å². The number of carboxylic acid groups (broad SMARTS) is 1. The molecule has 0 radical (unpaired) electrons. The number of nitrogens with one attached hydrogen (secondary N) is 1. The van der Waals surface area contributed by atoms with Crippen LogP contribution in [-0.4, -0.2) is 29.1 Å². The summed E-state index contributed by atoms with van der Waals surface area (Å²) in [6.45, 7) is 3.80. The molecule has 0 heterocycles. The minimum absolute atomic E-state index is 0.0382. The van der Waals surface area contributed by atoms with Crippen LogP contribution in [-0.2, 0) is 4.79 Å². The summed E-state index contributed by atoms with van der Waals surface area (Å²) in [5.41, 5.74) is 0.468. The minimum atomic E-state index is -0.788. The van der Waals surface area contributed by atoms with E-state index in [1.54, 1.807) is 18.2 Å². The van der Waals surface area contributed by atoms with Crippen LogP contribution in [0.2, 0.25) is 0 Å². The monoisotopic (exact) mass is 369 g/mol. The Hall–Kier alpha value is -1.56. The van der Waals surface area contributed by atoms with Crippen molar-refractivity contribution in [3.8, 4) is 5.75 Å². The van der Waals surface area contributed by atoms with Crippen LogP contribution >= 0.6 is 15.9 Å². The van der Waals surface area contributed by atoms with Crippen LogP contribution in [0, 0.1) is 5.92 Å². The van der Waals surface area contributed by atoms with Gasteiger partial charge in [0.25, 0.3) is 5.91 Å². The Balaban J connectivity index is 2.08. The van der Waals surface area contributed by atoms with E-state index in [0.29, 0.717) is 30.6 Å². The average molecular weight is 370 g/mol. The summed E-state index contributed by atoms with van der Waals surface area (Å²) in [5, 5.41) is 11.9. The molecule has 0 saturated heterocycles. The quantitative estimate of drug-likeness (QED) is 0.835. The molecule has 1 aromatic rings. The van der Waals surface area contributed by atoms with Crippen LogP contribution in [0.1, 0.15) is 43.5 Å². The van der Waals surface area contributed by atoms with Gasteiger partial charge >= 0.3 is 5.97 Å². The number of halogens is 1. The summed E-state index contributed by atoms with van der Waals surface area (Å²) >= 11 is 3.37. The fourth-order valence-electron chi connectivity index (χ4n) is 2.64. The highest BCUT2D eigenvalue weighted by Crippen LogP contribution is 2.28. The molecule has 0 aliphatic heterocycles. The van der Waals surface area contributed by atoms with Gasteiger partial charge in [-0.05, 0) is 51.3 Å². The summed E-state index contributed by atoms with van der Waals surface area (Å²) < 4.78 is 6.53. The van der Waals surface area contributed by atoms with Gasteiger partial charge in [0.1, 0.15) is 5.75 Å². The zero-order chi connectivity index (χ0) is 16.3. The van der Waals surface area contributed by atoms with Crippen molar-refractivity contribution in [3.63, 3.8) is 0 Å². The number of amides is 1. The van der Waals surface area contributed by atoms with E-state index in [2.05, 4.69) is 21.2 Å². The van der Waals surface area contributed by atoms with Crippen LogP contribution in [0.15, 0.2) is 22.7 Å². The van der Waals surface area contributed by atoms with Crippen molar-refractivity contribution in [3.05, 3.63) is 28.2 Å². The number of carboxylic acids is 1. The van der Waals surface area contributed by atoms with Crippen molar-refractivity contribution in [2.24, 2.45) is 5.92 Å². The van der Waals surface area contributed by atoms with E-state index in [4.69, 9.17) is 9.84 Å². The van der Waals surface area contributed by atoms with Crippen LogP contribution in [0.5, 0.6) is 5.75 Å². The largest absolute Gasteiger partial charge is 0.490 e. The molecule has 2 rings (SSSR count). The fraction of sp³-hybridized carbons (Fsp3) is 0.500. The molecule has 6 heteroatoms. The molecule has 2 N–H and O–H groups in total. The minimum Gasteiger partial charge on any atom is -0.490 e. The van der Waals surface area contributed by atoms with Crippen LogP contribution in [0.25, 0.3) is 0 Å². The molecule has 2 atom stereocenters. The van der Waals surface area contributed by atoms with Gasteiger partial charge in [0.15, 0.2) is 0 Å². The maximum atomic E-state index is 12.4. The molecule has 1 aliphatic carbocycles. The molecule has 1 aromatic carbocycles. The molecular formula is C16H20BrNO4. The number of benzene rings is 1. The van der Waals surface area contributed by atoms with Gasteiger partial charge in [-0.1, -0.05) is 15.9 Å². The molecule has 1 aliphatic rings. The number of carbonyl (C=O) groups excluding carboxylic acids is 1. The van der Waals surface area contributed by atoms with Gasteiger partial charge in [-0.15, -0.1) is 0 Å². The summed E-state index contributed by atoms with van der Waals surface area (Å²) in [4.78, 5) is 23.4. The van der Waals surface area contributed by atoms with Crippen molar-refractivity contribution >= 4 is 27.8 Å². The molecule has 0 spiro atoms. The highest BCUT2D eigenvalue weighted by Gasteiger charge is 2.31. The van der Waals surface area contributed by atoms with Crippen molar-refractivity contribution < 1.29 is 19.4 Å². The molecule has 22 heavy (non-hydrogen) atoms. The van der Waals surface area contributed by atoms with E-state index in [0.717, 1.165) is 4.47 Å². The molecular weight excluding hydrogens is 350 g/mol. The first-order valence-corrected chi connectivity index (χ1v) is 8.16. The van der Waals surface area contributed by atoms with E-state index < -0.39 is 5.97 Å². The van der Waals surface area contributed by atoms with Gasteiger partial charge in [-0.3, -0.25) is 9.59 Å². The van der Waals surface area contributed by atoms with E-state index in [-0.39, 0.29) is 24.0 Å². The Morgan fingerprint density at radius 3 is 2.68 bits per heavy atom. The first-order valence-electron chi connectivity index (χ1n) is 7.36. The number of hydrogen-bond donors (Lipinski definition) is 2. The maximum absolute atomic E-state index is 12.4. The standard InChI is InChI=1S/C16H20BrNO4/c1-9(2)22-14-8-11(17)4-6-13(14)15(19)18-12-5-3-10(7-12)16(20)21/h4,6,8-10,12H,3,5,7H2,1-2H3,(H,18,19)(H,20,21)/t10-,12+/m1/s1. The van der Waals surface area contributed by atoms with Crippen molar-refractivity contribution in [1.82, 2.24) is 5.32 Å². The zero-order valence-corrected chi connectivity index (χ0v) is 14.2. The van der Waals surface area contributed by atoms with Gasteiger partial charge < -0.3 is 15.2 Å². The second kappa shape index (κ2) is 7.13. The number of hydrogen-bond acceptors (Lipinski definition) is 3. The Labute approximate surface area is 138 Å². The summed E-state index contributed by atoms with van der Waals surface area (Å²) in [6, 6.07) is 5.17. The molecule has 5 nitrogen and oxygen atoms in total. The van der Waals surface area contributed by atoms with E-state index >= 15 is 0 Å². The van der Waals surface area contributed by atoms with E-state index in [1.807, 2.05) is 13.8 Å². The number of ether oxygens (including phenoxy) is 1. The van der Waals surface area contributed by atoms with Gasteiger partial charge in [0, 0.05) is 10.5 Å². The lowest BCUT2D eigenvalue weighted by atomic mass is 10.1. The summed E-state index contributed by atoms with van der Waals surface area (Å²) in [7, 11) is 0. The zero-order valence-electron chi connectivity index (χ0n) is 12.6. The third-order valence-corrected chi connectivity index (χ3v) is 4.16. The molecule has 1 amide bonds. The Kier molecular flexibility index (Phi) is 5.45. The molecule has 0 unspecified atom stereocenters. The molecule has 1 fully saturated rings. The summed E-state index contributed by atoms with van der Waals surface area (Å²) in [6.07, 6.45) is 1.75. The van der Waals surface area contributed by atoms with Gasteiger partial charge in [0.2, 0.25) is 0 Å². The first kappa shape index (κ1) is 16.8. The third kappa shape index (κ3) is 4.22. The lowest BCUT2D eigenvalue weighted by Gasteiger charge is -2.17. The second-order valence-corrected chi connectivity index (χ2v) is 6.74. The van der Waals surface area contributed by atoms with Crippen LogP contribution < -0.4 is 10.1 Å². The summed E-state index contributed by atoms with van der Waals surface area (Å²) in [5.74, 6) is -0.848. The predicted molar refractivity (Wildman–Crippen MR) is 86.1 cm³/mol. The van der Waals surface area contributed by atoms with Crippen LogP contribution in [0.4, 0.5) is 0 Å². The molecule has 120 valence electrons. The number of carbonyl (C=O) groups is 2. The smallest absolute Gasteiger partial charge is 0.306 e. The third-order valence-electron chi connectivity index (χ3n) is 3.67. The predicted octanol–water partition coefficient (Wildman–Crippen LogP) is 3.22. The fourth-order valence-corrected chi connectivity index (χ4v) is 2.98. The maximum Gasteiger partial charge on any atom is 0.306 e. The highest BCUT2D eigenvalue weighted by atomic mass is 79.9. The van der Waals surface area contributed by atoms with Crippen molar-refractivity contribution in [2.75, 3.05) is 0 Å². The van der Waals surface area contributed by atoms with Crippen molar-refractivity contribution in [2.45, 2.75) is 45.3 Å².